The smallest absolute Gasteiger partial charge is 0.257 e. The van der Waals surface area contributed by atoms with Crippen LogP contribution in [-0.4, -0.2) is 28.9 Å². The number of fused-ring (bicyclic) bond motifs is 1. The molecule has 138 valence electrons. The van der Waals surface area contributed by atoms with E-state index in [1.54, 1.807) is 23.5 Å². The van der Waals surface area contributed by atoms with E-state index in [4.69, 9.17) is 4.74 Å². The number of rotatable bonds is 5. The number of nitrogens with one attached hydrogen (secondary N) is 1. The van der Waals surface area contributed by atoms with E-state index in [9.17, 15) is 4.79 Å². The molecule has 27 heavy (non-hydrogen) atoms. The number of hydrogen-bond donors (Lipinski definition) is 1. The maximum absolute atomic E-state index is 12.6. The average Bonchev–Trinajstić information content (AvgIpc) is 3.10. The average molecular weight is 379 g/mol. The van der Waals surface area contributed by atoms with Crippen LogP contribution < -0.4 is 10.1 Å². The molecule has 2 heterocycles. The van der Waals surface area contributed by atoms with Gasteiger partial charge in [-0.15, -0.1) is 11.3 Å². The number of ether oxygens (including phenoxy) is 1. The van der Waals surface area contributed by atoms with Crippen molar-refractivity contribution in [3.05, 3.63) is 70.7 Å². The first-order valence-electron chi connectivity index (χ1n) is 9.06. The Labute approximate surface area is 162 Å². The summed E-state index contributed by atoms with van der Waals surface area (Å²) in [4.78, 5) is 20.9. The summed E-state index contributed by atoms with van der Waals surface area (Å²) < 4.78 is 5.81. The van der Waals surface area contributed by atoms with Gasteiger partial charge in [0.2, 0.25) is 0 Å². The van der Waals surface area contributed by atoms with E-state index < -0.39 is 0 Å². The molecule has 0 saturated carbocycles. The van der Waals surface area contributed by atoms with Crippen molar-refractivity contribution in [2.45, 2.75) is 19.9 Å². The maximum Gasteiger partial charge on any atom is 0.257 e. The molecule has 2 aromatic carbocycles. The molecule has 1 amide bonds. The third-order valence-electron chi connectivity index (χ3n) is 4.55. The molecule has 1 aliphatic rings. The fourth-order valence-corrected chi connectivity index (χ4v) is 4.11. The molecule has 0 atom stereocenters. The molecule has 0 saturated heterocycles. The molecule has 1 N–H and O–H groups in total. The van der Waals surface area contributed by atoms with Gasteiger partial charge < -0.3 is 4.74 Å². The van der Waals surface area contributed by atoms with Gasteiger partial charge in [0.1, 0.15) is 11.5 Å². The van der Waals surface area contributed by atoms with Crippen LogP contribution in [0.1, 0.15) is 27.9 Å². The Hall–Kier alpha value is -2.70. The molecule has 0 radical (unpaired) electrons. The second kappa shape index (κ2) is 7.90. The van der Waals surface area contributed by atoms with Gasteiger partial charge in [0.15, 0.2) is 5.13 Å². The largest absolute Gasteiger partial charge is 0.457 e. The summed E-state index contributed by atoms with van der Waals surface area (Å²) in [6.45, 7) is 5.14. The van der Waals surface area contributed by atoms with Crippen LogP contribution in [0.25, 0.3) is 0 Å². The number of carbonyl (C=O) groups is 1. The van der Waals surface area contributed by atoms with Crippen molar-refractivity contribution in [2.75, 3.05) is 18.4 Å². The molecule has 4 rings (SSSR count). The third-order valence-corrected chi connectivity index (χ3v) is 5.55. The zero-order valence-electron chi connectivity index (χ0n) is 15.1. The Bertz CT molecular complexity index is 940. The van der Waals surface area contributed by atoms with E-state index in [1.807, 2.05) is 42.5 Å². The summed E-state index contributed by atoms with van der Waals surface area (Å²) in [7, 11) is 0. The highest BCUT2D eigenvalue weighted by molar-refractivity contribution is 7.15. The highest BCUT2D eigenvalue weighted by atomic mass is 32.1. The second-order valence-corrected chi connectivity index (χ2v) is 7.49. The molecule has 0 unspecified atom stereocenters. The molecule has 0 spiro atoms. The van der Waals surface area contributed by atoms with Crippen molar-refractivity contribution in [2.24, 2.45) is 0 Å². The van der Waals surface area contributed by atoms with Crippen LogP contribution in [0.4, 0.5) is 5.13 Å². The van der Waals surface area contributed by atoms with E-state index in [1.165, 1.54) is 4.88 Å². The SMILES string of the molecule is CCN1CCc2nc(NC(=O)c3cccc(Oc4ccccc4)c3)sc2C1. The topological polar surface area (TPSA) is 54.5 Å². The molecule has 0 bridgehead atoms. The maximum atomic E-state index is 12.6. The van der Waals surface area contributed by atoms with Crippen LogP contribution in [0, 0.1) is 0 Å². The normalized spacial score (nSPS) is 13.8. The van der Waals surface area contributed by atoms with Gasteiger partial charge in [-0.2, -0.15) is 0 Å². The predicted molar refractivity (Wildman–Crippen MR) is 108 cm³/mol. The minimum atomic E-state index is -0.174. The van der Waals surface area contributed by atoms with Gasteiger partial charge in [-0.05, 0) is 36.9 Å². The molecule has 5 nitrogen and oxygen atoms in total. The summed E-state index contributed by atoms with van der Waals surface area (Å²) in [5.41, 5.74) is 1.66. The van der Waals surface area contributed by atoms with E-state index in [0.29, 0.717) is 16.4 Å². The minimum Gasteiger partial charge on any atom is -0.457 e. The van der Waals surface area contributed by atoms with Crippen LogP contribution in [0.3, 0.4) is 0 Å². The number of carbonyl (C=O) groups excluding carboxylic acids is 1. The highest BCUT2D eigenvalue weighted by Crippen LogP contribution is 2.29. The molecule has 0 fully saturated rings. The first kappa shape index (κ1) is 17.7. The van der Waals surface area contributed by atoms with Gasteiger partial charge in [0.05, 0.1) is 5.69 Å². The Kier molecular flexibility index (Phi) is 5.18. The number of thiazole rings is 1. The molecule has 3 aromatic rings. The lowest BCUT2D eigenvalue weighted by atomic mass is 10.2. The number of aromatic nitrogens is 1. The Morgan fingerprint density at radius 1 is 1.19 bits per heavy atom. The standard InChI is InChI=1S/C21H21N3O2S/c1-2-24-12-11-18-19(14-24)27-21(22-18)23-20(25)15-7-6-10-17(13-15)26-16-8-4-3-5-9-16/h3-10,13H,2,11-12,14H2,1H3,(H,22,23,25). The fourth-order valence-electron chi connectivity index (χ4n) is 3.07. The fraction of sp³-hybridized carbons (Fsp3) is 0.238. The van der Waals surface area contributed by atoms with Crippen LogP contribution in [0.5, 0.6) is 11.5 Å². The van der Waals surface area contributed by atoms with Crippen LogP contribution in [0.2, 0.25) is 0 Å². The molecule has 0 aliphatic carbocycles. The number of anilines is 1. The van der Waals surface area contributed by atoms with Crippen molar-refractivity contribution < 1.29 is 9.53 Å². The number of amides is 1. The van der Waals surface area contributed by atoms with Gasteiger partial charge in [-0.3, -0.25) is 15.0 Å². The minimum absolute atomic E-state index is 0.174. The van der Waals surface area contributed by atoms with Crippen LogP contribution >= 0.6 is 11.3 Å². The van der Waals surface area contributed by atoms with Crippen molar-refractivity contribution in [1.29, 1.82) is 0 Å². The zero-order valence-corrected chi connectivity index (χ0v) is 16.0. The number of nitrogens with zero attached hydrogens (tertiary/aromatic N) is 2. The Morgan fingerprint density at radius 2 is 2.00 bits per heavy atom. The number of para-hydroxylation sites is 1. The van der Waals surface area contributed by atoms with E-state index in [0.717, 1.165) is 37.5 Å². The van der Waals surface area contributed by atoms with Crippen LogP contribution in [-0.2, 0) is 13.0 Å². The number of benzene rings is 2. The summed E-state index contributed by atoms with van der Waals surface area (Å²) >= 11 is 1.57. The lowest BCUT2D eigenvalue weighted by molar-refractivity contribution is 0.102. The van der Waals surface area contributed by atoms with Gasteiger partial charge >= 0.3 is 0 Å². The van der Waals surface area contributed by atoms with Gasteiger partial charge in [-0.1, -0.05) is 31.2 Å². The lowest BCUT2D eigenvalue weighted by Crippen LogP contribution is -2.29. The van der Waals surface area contributed by atoms with Crippen molar-refractivity contribution in [3.8, 4) is 11.5 Å². The number of likely N-dealkylation sites (N-methyl/N-ethyl adjacent to an activating group) is 1. The summed E-state index contributed by atoms with van der Waals surface area (Å²) in [5.74, 6) is 1.20. The second-order valence-electron chi connectivity index (χ2n) is 6.40. The van der Waals surface area contributed by atoms with Crippen molar-refractivity contribution >= 4 is 22.4 Å². The van der Waals surface area contributed by atoms with Gasteiger partial charge in [0.25, 0.3) is 5.91 Å². The molecular weight excluding hydrogens is 358 g/mol. The monoisotopic (exact) mass is 379 g/mol. The summed E-state index contributed by atoms with van der Waals surface area (Å²) in [6, 6.07) is 16.7. The molecular formula is C21H21N3O2S. The van der Waals surface area contributed by atoms with E-state index in [2.05, 4.69) is 22.1 Å². The molecule has 1 aliphatic heterocycles. The van der Waals surface area contributed by atoms with Crippen molar-refractivity contribution in [1.82, 2.24) is 9.88 Å². The third kappa shape index (κ3) is 4.18. The first-order valence-corrected chi connectivity index (χ1v) is 9.88. The Morgan fingerprint density at radius 3 is 2.81 bits per heavy atom. The van der Waals surface area contributed by atoms with E-state index in [-0.39, 0.29) is 5.91 Å². The van der Waals surface area contributed by atoms with E-state index >= 15 is 0 Å². The summed E-state index contributed by atoms with van der Waals surface area (Å²) in [5, 5.41) is 3.60. The predicted octanol–water partition coefficient (Wildman–Crippen LogP) is 4.57. The highest BCUT2D eigenvalue weighted by Gasteiger charge is 2.20. The zero-order chi connectivity index (χ0) is 18.6. The number of hydrogen-bond acceptors (Lipinski definition) is 5. The lowest BCUT2D eigenvalue weighted by Gasteiger charge is -2.23. The Balaban J connectivity index is 1.46. The summed E-state index contributed by atoms with van der Waals surface area (Å²) in [6.07, 6.45) is 0.940. The van der Waals surface area contributed by atoms with Crippen molar-refractivity contribution in [3.63, 3.8) is 0 Å². The quantitative estimate of drug-likeness (QED) is 0.706. The molecule has 1 aromatic heterocycles. The molecule has 6 heteroatoms. The van der Waals surface area contributed by atoms with Gasteiger partial charge in [0, 0.05) is 30.0 Å². The first-order chi connectivity index (χ1) is 13.2. The van der Waals surface area contributed by atoms with Gasteiger partial charge in [-0.25, -0.2) is 4.98 Å². The van der Waals surface area contributed by atoms with Crippen LogP contribution in [0.15, 0.2) is 54.6 Å².